The van der Waals surface area contributed by atoms with Crippen LogP contribution in [0.1, 0.15) is 32.3 Å². The average molecular weight is 276 g/mol. The van der Waals surface area contributed by atoms with E-state index in [9.17, 15) is 9.90 Å². The van der Waals surface area contributed by atoms with Gasteiger partial charge in [-0.15, -0.1) is 5.11 Å². The summed E-state index contributed by atoms with van der Waals surface area (Å²) in [6.07, 6.45) is 1.07. The zero-order valence-corrected chi connectivity index (χ0v) is 12.1. The number of benzene rings is 1. The lowest BCUT2D eigenvalue weighted by Crippen LogP contribution is -2.08. The number of hydrogen-bond donors (Lipinski definition) is 1. The zero-order valence-electron chi connectivity index (χ0n) is 12.1. The molecule has 1 N–H and O–H groups in total. The van der Waals surface area contributed by atoms with Gasteiger partial charge < -0.3 is 9.84 Å². The van der Waals surface area contributed by atoms with Crippen molar-refractivity contribution < 1.29 is 14.6 Å². The minimum absolute atomic E-state index is 0.0955. The molecular formula is C15H20N2O3. The topological polar surface area (TPSA) is 71.2 Å². The summed E-state index contributed by atoms with van der Waals surface area (Å²) in [5.41, 5.74) is 1.59. The Kier molecular flexibility index (Phi) is 6.43. The number of ether oxygens (including phenoxy) is 1. The van der Waals surface area contributed by atoms with E-state index in [1.807, 2.05) is 26.0 Å². The van der Waals surface area contributed by atoms with Crippen molar-refractivity contribution in [3.8, 4) is 0 Å². The molecule has 0 heterocycles. The van der Waals surface area contributed by atoms with Crippen LogP contribution in [0.2, 0.25) is 0 Å². The van der Waals surface area contributed by atoms with Gasteiger partial charge in [0.05, 0.1) is 12.3 Å². The molecule has 5 heteroatoms. The molecule has 0 radical (unpaired) electrons. The Morgan fingerprint density at radius 2 is 1.90 bits per heavy atom. The van der Waals surface area contributed by atoms with Gasteiger partial charge in [0.15, 0.2) is 0 Å². The molecule has 108 valence electrons. The minimum Gasteiger partial charge on any atom is -0.510 e. The number of carbonyl (C=O) groups excluding carboxylic acids is 1. The minimum atomic E-state index is -0.658. The van der Waals surface area contributed by atoms with Crippen LogP contribution in [0.4, 0.5) is 5.69 Å². The zero-order chi connectivity index (χ0) is 15.0. The molecule has 1 aromatic rings. The fourth-order valence-electron chi connectivity index (χ4n) is 1.49. The Balaban J connectivity index is 2.97. The number of rotatable bonds is 6. The summed E-state index contributed by atoms with van der Waals surface area (Å²) in [5.74, 6) is -0.754. The van der Waals surface area contributed by atoms with Gasteiger partial charge in [-0.05, 0) is 32.4 Å². The van der Waals surface area contributed by atoms with Crippen LogP contribution in [-0.4, -0.2) is 17.7 Å². The maximum Gasteiger partial charge on any atom is 0.362 e. The summed E-state index contributed by atoms with van der Waals surface area (Å²) in [6.45, 7) is 5.79. The molecule has 0 unspecified atom stereocenters. The molecule has 0 bridgehead atoms. The van der Waals surface area contributed by atoms with Crippen LogP contribution >= 0.6 is 0 Å². The molecule has 0 fully saturated rings. The molecule has 0 aliphatic carbocycles. The van der Waals surface area contributed by atoms with Gasteiger partial charge >= 0.3 is 5.97 Å². The molecule has 0 aliphatic rings. The predicted octanol–water partition coefficient (Wildman–Crippen LogP) is 4.21. The van der Waals surface area contributed by atoms with E-state index in [1.165, 1.54) is 0 Å². The summed E-state index contributed by atoms with van der Waals surface area (Å²) in [7, 11) is 0. The molecule has 0 aromatic heterocycles. The number of aliphatic hydroxyl groups excluding tert-OH is 1. The van der Waals surface area contributed by atoms with Gasteiger partial charge in [-0.25, -0.2) is 4.79 Å². The lowest BCUT2D eigenvalue weighted by molar-refractivity contribution is -0.138. The van der Waals surface area contributed by atoms with Crippen molar-refractivity contribution in [1.29, 1.82) is 0 Å². The van der Waals surface area contributed by atoms with Crippen LogP contribution in [-0.2, 0) is 9.53 Å². The van der Waals surface area contributed by atoms with E-state index in [0.717, 1.165) is 5.56 Å². The highest BCUT2D eigenvalue weighted by molar-refractivity contribution is 5.88. The molecule has 0 aliphatic heterocycles. The Morgan fingerprint density at radius 1 is 1.25 bits per heavy atom. The molecule has 0 atom stereocenters. The molecule has 0 saturated carbocycles. The highest BCUT2D eigenvalue weighted by atomic mass is 16.5. The number of aryl methyl sites for hydroxylation is 1. The van der Waals surface area contributed by atoms with E-state index in [1.54, 1.807) is 19.1 Å². The number of esters is 1. The predicted molar refractivity (Wildman–Crippen MR) is 76.9 cm³/mol. The van der Waals surface area contributed by atoms with Crippen LogP contribution in [0, 0.1) is 6.92 Å². The molecule has 20 heavy (non-hydrogen) atoms. The van der Waals surface area contributed by atoms with Crippen LogP contribution in [0.5, 0.6) is 0 Å². The summed E-state index contributed by atoms with van der Waals surface area (Å²) in [5, 5.41) is 17.7. The maximum atomic E-state index is 11.7. The normalized spacial score (nSPS) is 12.3. The van der Waals surface area contributed by atoms with Crippen molar-refractivity contribution in [2.75, 3.05) is 6.61 Å². The second kappa shape index (κ2) is 8.09. The van der Waals surface area contributed by atoms with E-state index in [-0.39, 0.29) is 18.1 Å². The van der Waals surface area contributed by atoms with Crippen LogP contribution in [0.15, 0.2) is 46.0 Å². The monoisotopic (exact) mass is 276 g/mol. The molecule has 0 amide bonds. The van der Waals surface area contributed by atoms with Gasteiger partial charge in [0, 0.05) is 6.42 Å². The van der Waals surface area contributed by atoms with Crippen molar-refractivity contribution in [3.63, 3.8) is 0 Å². The fourth-order valence-corrected chi connectivity index (χ4v) is 1.49. The van der Waals surface area contributed by atoms with E-state index >= 15 is 0 Å². The first kappa shape index (κ1) is 15.9. The highest BCUT2D eigenvalue weighted by Crippen LogP contribution is 2.17. The number of allylic oxidation sites excluding steroid dienone is 1. The number of nitrogens with zero attached hydrogens (tertiary/aromatic N) is 2. The molecule has 0 saturated heterocycles. The SMILES string of the molecule is CCC/C(O)=C(\N=Nc1ccc(C)cc1)C(=O)OCC. The summed E-state index contributed by atoms with van der Waals surface area (Å²) < 4.78 is 4.87. The van der Waals surface area contributed by atoms with Crippen molar-refractivity contribution >= 4 is 11.7 Å². The highest BCUT2D eigenvalue weighted by Gasteiger charge is 2.16. The third kappa shape index (κ3) is 4.84. The number of azo groups is 1. The van der Waals surface area contributed by atoms with E-state index in [2.05, 4.69) is 10.2 Å². The third-order valence-electron chi connectivity index (χ3n) is 2.53. The number of aliphatic hydroxyl groups is 1. The quantitative estimate of drug-likeness (QED) is 0.366. The Morgan fingerprint density at radius 3 is 2.45 bits per heavy atom. The second-order valence-corrected chi connectivity index (χ2v) is 4.30. The van der Waals surface area contributed by atoms with Crippen LogP contribution in [0.25, 0.3) is 0 Å². The fraction of sp³-hybridized carbons (Fsp3) is 0.400. The van der Waals surface area contributed by atoms with Crippen molar-refractivity contribution in [2.45, 2.75) is 33.6 Å². The smallest absolute Gasteiger partial charge is 0.362 e. The largest absolute Gasteiger partial charge is 0.510 e. The molecule has 5 nitrogen and oxygen atoms in total. The first-order valence-electron chi connectivity index (χ1n) is 6.66. The van der Waals surface area contributed by atoms with Gasteiger partial charge in [-0.3, -0.25) is 0 Å². The Bertz CT molecular complexity index is 504. The van der Waals surface area contributed by atoms with Gasteiger partial charge in [0.1, 0.15) is 5.76 Å². The molecular weight excluding hydrogens is 256 g/mol. The summed E-state index contributed by atoms with van der Waals surface area (Å²) in [6, 6.07) is 7.37. The first-order chi connectivity index (χ1) is 9.58. The van der Waals surface area contributed by atoms with Crippen molar-refractivity contribution in [2.24, 2.45) is 10.2 Å². The molecule has 0 spiro atoms. The van der Waals surface area contributed by atoms with Gasteiger partial charge in [-0.1, -0.05) is 24.6 Å². The average Bonchev–Trinajstić information content (AvgIpc) is 2.42. The first-order valence-corrected chi connectivity index (χ1v) is 6.66. The molecule has 1 rings (SSSR count). The maximum absolute atomic E-state index is 11.7. The Labute approximate surface area is 119 Å². The van der Waals surface area contributed by atoms with Gasteiger partial charge in [-0.2, -0.15) is 5.11 Å². The van der Waals surface area contributed by atoms with Crippen molar-refractivity contribution in [1.82, 2.24) is 0 Å². The van der Waals surface area contributed by atoms with E-state index < -0.39 is 5.97 Å². The van der Waals surface area contributed by atoms with Crippen LogP contribution in [0.3, 0.4) is 0 Å². The number of carbonyl (C=O) groups is 1. The van der Waals surface area contributed by atoms with Crippen molar-refractivity contribution in [3.05, 3.63) is 41.3 Å². The molecule has 1 aromatic carbocycles. The standard InChI is InChI=1S/C15H20N2O3/c1-4-6-13(18)14(15(19)20-5-2)17-16-12-9-7-11(3)8-10-12/h7-10,18H,4-6H2,1-3H3/b14-13+,17-16?. The second-order valence-electron chi connectivity index (χ2n) is 4.30. The summed E-state index contributed by atoms with van der Waals surface area (Å²) >= 11 is 0. The number of hydrogen-bond acceptors (Lipinski definition) is 5. The lowest BCUT2D eigenvalue weighted by atomic mass is 10.2. The summed E-state index contributed by atoms with van der Waals surface area (Å²) in [4.78, 5) is 11.7. The van der Waals surface area contributed by atoms with Gasteiger partial charge in [0.25, 0.3) is 0 Å². The Hall–Kier alpha value is -2.17. The van der Waals surface area contributed by atoms with Crippen LogP contribution < -0.4 is 0 Å². The lowest BCUT2D eigenvalue weighted by Gasteiger charge is -2.04. The van der Waals surface area contributed by atoms with E-state index in [4.69, 9.17) is 4.74 Å². The van der Waals surface area contributed by atoms with E-state index in [0.29, 0.717) is 18.5 Å². The third-order valence-corrected chi connectivity index (χ3v) is 2.53. The van der Waals surface area contributed by atoms with Gasteiger partial charge in [0.2, 0.25) is 5.70 Å².